The summed E-state index contributed by atoms with van der Waals surface area (Å²) in [5.74, 6) is 0.676. The van der Waals surface area contributed by atoms with E-state index >= 15 is 0 Å². The summed E-state index contributed by atoms with van der Waals surface area (Å²) >= 11 is 1.72. The van der Waals surface area contributed by atoms with E-state index in [0.29, 0.717) is 16.7 Å². The van der Waals surface area contributed by atoms with Gasteiger partial charge in [0, 0.05) is 17.0 Å². The minimum atomic E-state index is -0.00761. The van der Waals surface area contributed by atoms with Crippen LogP contribution in [-0.4, -0.2) is 35.1 Å². The number of thioether (sulfide) groups is 1. The zero-order valence-corrected chi connectivity index (χ0v) is 11.9. The number of anilines is 1. The van der Waals surface area contributed by atoms with Crippen molar-refractivity contribution in [2.24, 2.45) is 0 Å². The number of benzene rings is 1. The van der Waals surface area contributed by atoms with E-state index in [4.69, 9.17) is 0 Å². The Balaban J connectivity index is 1.78. The van der Waals surface area contributed by atoms with E-state index in [0.717, 1.165) is 31.5 Å². The van der Waals surface area contributed by atoms with Crippen molar-refractivity contribution in [1.29, 1.82) is 0 Å². The van der Waals surface area contributed by atoms with E-state index in [1.54, 1.807) is 23.9 Å². The minimum Gasteiger partial charge on any atom is -0.508 e. The third-order valence-electron chi connectivity index (χ3n) is 3.23. The molecule has 104 valence electrons. The summed E-state index contributed by atoms with van der Waals surface area (Å²) in [7, 11) is 0. The van der Waals surface area contributed by atoms with Crippen LogP contribution in [0.25, 0.3) is 0 Å². The first-order chi connectivity index (χ1) is 9.15. The molecular formula is C14H20N2O2S. The van der Waals surface area contributed by atoms with Crippen LogP contribution < -0.4 is 10.6 Å². The minimum absolute atomic E-state index is 0.00761. The van der Waals surface area contributed by atoms with Gasteiger partial charge in [0.2, 0.25) is 5.91 Å². The lowest BCUT2D eigenvalue weighted by Crippen LogP contribution is -2.30. The smallest absolute Gasteiger partial charge is 0.234 e. The SMILES string of the molecule is Cc1ccc(NC(=O)CSC2CCNCC2)cc1O. The Morgan fingerprint density at radius 2 is 2.21 bits per heavy atom. The maximum Gasteiger partial charge on any atom is 0.234 e. The highest BCUT2D eigenvalue weighted by atomic mass is 32.2. The summed E-state index contributed by atoms with van der Waals surface area (Å²) in [5, 5.41) is 16.3. The Kier molecular flexibility index (Phi) is 5.10. The Bertz CT molecular complexity index is 445. The van der Waals surface area contributed by atoms with E-state index in [2.05, 4.69) is 10.6 Å². The van der Waals surface area contributed by atoms with Crippen LogP contribution in [0.5, 0.6) is 5.75 Å². The summed E-state index contributed by atoms with van der Waals surface area (Å²) in [6.45, 7) is 3.92. The molecule has 1 aliphatic heterocycles. The molecule has 1 aliphatic rings. The van der Waals surface area contributed by atoms with Crippen molar-refractivity contribution in [1.82, 2.24) is 5.32 Å². The molecule has 3 N–H and O–H groups in total. The molecule has 0 bridgehead atoms. The Hall–Kier alpha value is -1.20. The summed E-state index contributed by atoms with van der Waals surface area (Å²) in [6.07, 6.45) is 2.26. The molecule has 1 amide bonds. The summed E-state index contributed by atoms with van der Waals surface area (Å²) in [4.78, 5) is 11.8. The molecule has 19 heavy (non-hydrogen) atoms. The molecule has 1 saturated heterocycles. The van der Waals surface area contributed by atoms with E-state index in [9.17, 15) is 9.90 Å². The molecule has 5 heteroatoms. The van der Waals surface area contributed by atoms with Gasteiger partial charge in [-0.3, -0.25) is 4.79 Å². The molecule has 0 unspecified atom stereocenters. The quantitative estimate of drug-likeness (QED) is 0.790. The molecule has 0 atom stereocenters. The number of nitrogens with one attached hydrogen (secondary N) is 2. The molecular weight excluding hydrogens is 260 g/mol. The van der Waals surface area contributed by atoms with E-state index in [1.807, 2.05) is 13.0 Å². The lowest BCUT2D eigenvalue weighted by Gasteiger charge is -2.21. The van der Waals surface area contributed by atoms with Gasteiger partial charge >= 0.3 is 0 Å². The maximum atomic E-state index is 11.8. The predicted octanol–water partition coefficient (Wildman–Crippen LogP) is 2.12. The van der Waals surface area contributed by atoms with Gasteiger partial charge in [0.1, 0.15) is 5.75 Å². The molecule has 0 aromatic heterocycles. The van der Waals surface area contributed by atoms with Crippen molar-refractivity contribution < 1.29 is 9.90 Å². The molecule has 0 radical (unpaired) electrons. The number of carbonyl (C=O) groups is 1. The number of phenolic OH excluding ortho intramolecular Hbond substituents is 1. The van der Waals surface area contributed by atoms with Crippen molar-refractivity contribution in [3.8, 4) is 5.75 Å². The van der Waals surface area contributed by atoms with Crippen LogP contribution >= 0.6 is 11.8 Å². The summed E-state index contributed by atoms with van der Waals surface area (Å²) < 4.78 is 0. The van der Waals surface area contributed by atoms with Gasteiger partial charge in [0.15, 0.2) is 0 Å². The number of hydrogen-bond donors (Lipinski definition) is 3. The fraction of sp³-hybridized carbons (Fsp3) is 0.500. The summed E-state index contributed by atoms with van der Waals surface area (Å²) in [6, 6.07) is 5.19. The number of amides is 1. The number of hydrogen-bond acceptors (Lipinski definition) is 4. The highest BCUT2D eigenvalue weighted by Crippen LogP contribution is 2.22. The fourth-order valence-electron chi connectivity index (χ4n) is 2.04. The lowest BCUT2D eigenvalue weighted by atomic mass is 10.2. The second kappa shape index (κ2) is 6.82. The zero-order chi connectivity index (χ0) is 13.7. The second-order valence-corrected chi connectivity index (χ2v) is 6.10. The van der Waals surface area contributed by atoms with Crippen molar-refractivity contribution in [2.45, 2.75) is 25.0 Å². The van der Waals surface area contributed by atoms with Gasteiger partial charge in [-0.15, -0.1) is 11.8 Å². The van der Waals surface area contributed by atoms with Gasteiger partial charge in [-0.05, 0) is 44.5 Å². The van der Waals surface area contributed by atoms with Gasteiger partial charge < -0.3 is 15.7 Å². The largest absolute Gasteiger partial charge is 0.508 e. The number of aromatic hydroxyl groups is 1. The average Bonchev–Trinajstić information content (AvgIpc) is 2.42. The standard InChI is InChI=1S/C14H20N2O2S/c1-10-2-3-11(8-13(10)17)16-14(18)9-19-12-4-6-15-7-5-12/h2-3,8,12,15,17H,4-7,9H2,1H3,(H,16,18). The molecule has 0 spiro atoms. The van der Waals surface area contributed by atoms with Crippen LogP contribution in [0.2, 0.25) is 0 Å². The number of rotatable bonds is 4. The number of phenols is 1. The normalized spacial score (nSPS) is 16.3. The zero-order valence-electron chi connectivity index (χ0n) is 11.1. The molecule has 4 nitrogen and oxygen atoms in total. The third-order valence-corrected chi connectivity index (χ3v) is 4.60. The molecule has 1 fully saturated rings. The number of carbonyl (C=O) groups excluding carboxylic acids is 1. The van der Waals surface area contributed by atoms with Crippen LogP contribution in [0.1, 0.15) is 18.4 Å². The molecule has 1 aromatic carbocycles. The van der Waals surface area contributed by atoms with Gasteiger partial charge in [-0.2, -0.15) is 0 Å². The van der Waals surface area contributed by atoms with Crippen LogP contribution in [-0.2, 0) is 4.79 Å². The van der Waals surface area contributed by atoms with Crippen molar-refractivity contribution >= 4 is 23.4 Å². The van der Waals surface area contributed by atoms with Gasteiger partial charge in [-0.25, -0.2) is 0 Å². The first-order valence-corrected chi connectivity index (χ1v) is 7.62. The average molecular weight is 280 g/mol. The van der Waals surface area contributed by atoms with Crippen molar-refractivity contribution in [3.05, 3.63) is 23.8 Å². The first-order valence-electron chi connectivity index (χ1n) is 6.57. The van der Waals surface area contributed by atoms with Crippen LogP contribution in [0.3, 0.4) is 0 Å². The van der Waals surface area contributed by atoms with Crippen molar-refractivity contribution in [3.63, 3.8) is 0 Å². The molecule has 0 aliphatic carbocycles. The van der Waals surface area contributed by atoms with Gasteiger partial charge in [-0.1, -0.05) is 6.07 Å². The Morgan fingerprint density at radius 3 is 2.89 bits per heavy atom. The number of piperidine rings is 1. The molecule has 0 saturated carbocycles. The van der Waals surface area contributed by atoms with Crippen LogP contribution in [0, 0.1) is 6.92 Å². The lowest BCUT2D eigenvalue weighted by molar-refractivity contribution is -0.113. The fourth-order valence-corrected chi connectivity index (χ4v) is 3.07. The van der Waals surface area contributed by atoms with Crippen LogP contribution in [0.15, 0.2) is 18.2 Å². The highest BCUT2D eigenvalue weighted by molar-refractivity contribution is 8.00. The van der Waals surface area contributed by atoms with E-state index in [1.165, 1.54) is 0 Å². The topological polar surface area (TPSA) is 61.4 Å². The second-order valence-electron chi connectivity index (χ2n) is 4.81. The van der Waals surface area contributed by atoms with Gasteiger partial charge in [0.25, 0.3) is 0 Å². The molecule has 1 heterocycles. The molecule has 2 rings (SSSR count). The highest BCUT2D eigenvalue weighted by Gasteiger charge is 2.15. The van der Waals surface area contributed by atoms with Crippen molar-refractivity contribution in [2.75, 3.05) is 24.2 Å². The first kappa shape index (κ1) is 14.2. The molecule has 1 aromatic rings. The summed E-state index contributed by atoms with van der Waals surface area (Å²) in [5.41, 5.74) is 1.46. The van der Waals surface area contributed by atoms with Gasteiger partial charge in [0.05, 0.1) is 5.75 Å². The maximum absolute atomic E-state index is 11.8. The Morgan fingerprint density at radius 1 is 1.47 bits per heavy atom. The van der Waals surface area contributed by atoms with E-state index < -0.39 is 0 Å². The third kappa shape index (κ3) is 4.44. The monoisotopic (exact) mass is 280 g/mol. The number of aryl methyl sites for hydroxylation is 1. The predicted molar refractivity (Wildman–Crippen MR) is 79.8 cm³/mol. The van der Waals surface area contributed by atoms with E-state index in [-0.39, 0.29) is 11.7 Å². The Labute approximate surface area is 118 Å². The van der Waals surface area contributed by atoms with Crippen LogP contribution in [0.4, 0.5) is 5.69 Å².